The van der Waals surface area contributed by atoms with Gasteiger partial charge < -0.3 is 14.9 Å². The summed E-state index contributed by atoms with van der Waals surface area (Å²) in [5.74, 6) is -0.428. The fourth-order valence-electron chi connectivity index (χ4n) is 4.65. The second-order valence-corrected chi connectivity index (χ2v) is 10.7. The van der Waals surface area contributed by atoms with E-state index in [1.165, 1.54) is 83.3 Å². The van der Waals surface area contributed by atoms with Crippen LogP contribution in [0.15, 0.2) is 11.6 Å². The minimum Gasteiger partial charge on any atom is -0.481 e. The van der Waals surface area contributed by atoms with Crippen LogP contribution in [-0.2, 0) is 14.3 Å². The van der Waals surface area contributed by atoms with Gasteiger partial charge in [-0.1, -0.05) is 82.8 Å². The van der Waals surface area contributed by atoms with Crippen molar-refractivity contribution in [3.05, 3.63) is 11.6 Å². The summed E-state index contributed by atoms with van der Waals surface area (Å²) in [4.78, 5) is 22.4. The highest BCUT2D eigenvalue weighted by atomic mass is 32.2. The molecule has 3 atom stereocenters. The second kappa shape index (κ2) is 19.3. The zero-order valence-electron chi connectivity index (χ0n) is 21.1. The molecule has 33 heavy (non-hydrogen) atoms. The molecule has 0 aromatic heterocycles. The number of carboxylic acids is 1. The number of allylic oxidation sites excluding steroid dienone is 1. The zero-order valence-corrected chi connectivity index (χ0v) is 21.9. The van der Waals surface area contributed by atoms with Crippen LogP contribution in [0.3, 0.4) is 0 Å². The second-order valence-electron chi connectivity index (χ2n) is 9.44. The van der Waals surface area contributed by atoms with Gasteiger partial charge >= 0.3 is 11.9 Å². The van der Waals surface area contributed by atoms with E-state index in [4.69, 9.17) is 9.84 Å². The number of carbonyl (C=O) groups excluding carboxylic acids is 1. The van der Waals surface area contributed by atoms with Crippen LogP contribution < -0.4 is 0 Å². The molecule has 0 bridgehead atoms. The van der Waals surface area contributed by atoms with Crippen LogP contribution >= 0.6 is 11.8 Å². The van der Waals surface area contributed by atoms with Crippen molar-refractivity contribution >= 4 is 23.7 Å². The zero-order chi connectivity index (χ0) is 24.3. The van der Waals surface area contributed by atoms with Crippen LogP contribution in [0.4, 0.5) is 0 Å². The van der Waals surface area contributed by atoms with E-state index in [9.17, 15) is 14.7 Å². The Labute approximate surface area is 206 Å². The van der Waals surface area contributed by atoms with Gasteiger partial charge in [0.25, 0.3) is 0 Å². The molecule has 6 heteroatoms. The molecule has 0 amide bonds. The predicted molar refractivity (Wildman–Crippen MR) is 138 cm³/mol. The lowest BCUT2D eigenvalue weighted by atomic mass is 9.80. The van der Waals surface area contributed by atoms with Gasteiger partial charge in [0, 0.05) is 12.2 Å². The van der Waals surface area contributed by atoms with E-state index in [0.29, 0.717) is 18.6 Å². The first kappa shape index (κ1) is 30.0. The van der Waals surface area contributed by atoms with Crippen LogP contribution in [0, 0.1) is 5.92 Å². The van der Waals surface area contributed by atoms with E-state index in [-0.39, 0.29) is 23.6 Å². The molecule has 1 fully saturated rings. The average molecular weight is 485 g/mol. The van der Waals surface area contributed by atoms with Crippen molar-refractivity contribution in [1.29, 1.82) is 0 Å². The number of aliphatic hydroxyl groups is 1. The summed E-state index contributed by atoms with van der Waals surface area (Å²) >= 11 is 1.61. The van der Waals surface area contributed by atoms with Crippen molar-refractivity contribution in [2.45, 2.75) is 127 Å². The standard InChI is InChI=1S/C27H48O5S/c1-3-4-5-6-7-8-9-10-11-12-13-14-15-23-17-16-22(18-19-24(28)29)26(31)27(23)33-21-20-25(30)32-2/h15,22,26-27,31H,3-14,16-21H2,1-2H3,(H,28,29)/b23-15+/t22-,26+,27+/m0/s1. The van der Waals surface area contributed by atoms with E-state index >= 15 is 0 Å². The number of unbranched alkanes of at least 4 members (excludes halogenated alkanes) is 11. The van der Waals surface area contributed by atoms with Crippen LogP contribution in [0.2, 0.25) is 0 Å². The maximum absolute atomic E-state index is 11.5. The lowest BCUT2D eigenvalue weighted by Crippen LogP contribution is -2.37. The van der Waals surface area contributed by atoms with Gasteiger partial charge in [-0.3, -0.25) is 9.59 Å². The lowest BCUT2D eigenvalue weighted by molar-refractivity contribution is -0.140. The number of hydrogen-bond donors (Lipinski definition) is 2. The smallest absolute Gasteiger partial charge is 0.306 e. The Morgan fingerprint density at radius 3 is 2.18 bits per heavy atom. The molecule has 0 spiro atoms. The predicted octanol–water partition coefficient (Wildman–Crippen LogP) is 6.91. The molecular formula is C27H48O5S. The molecule has 0 aliphatic heterocycles. The maximum Gasteiger partial charge on any atom is 0.306 e. The molecule has 192 valence electrons. The number of esters is 1. The lowest BCUT2D eigenvalue weighted by Gasteiger charge is -2.36. The molecule has 5 nitrogen and oxygen atoms in total. The maximum atomic E-state index is 11.5. The van der Waals surface area contributed by atoms with Crippen molar-refractivity contribution in [1.82, 2.24) is 0 Å². The summed E-state index contributed by atoms with van der Waals surface area (Å²) in [7, 11) is 1.39. The Hall–Kier alpha value is -1.01. The largest absolute Gasteiger partial charge is 0.481 e. The first-order valence-corrected chi connectivity index (χ1v) is 14.3. The van der Waals surface area contributed by atoms with E-state index in [1.807, 2.05) is 0 Å². The SMILES string of the molecule is CCCCCCCCCCCCC/C=C1\CC[C@@H](CCC(=O)O)[C@@H](O)[C@@H]1SCCC(=O)OC. The first-order chi connectivity index (χ1) is 16.0. The Morgan fingerprint density at radius 2 is 1.61 bits per heavy atom. The Morgan fingerprint density at radius 1 is 1.00 bits per heavy atom. The van der Waals surface area contributed by atoms with Gasteiger partial charge in [-0.05, 0) is 38.0 Å². The Bertz CT molecular complexity index is 563. The topological polar surface area (TPSA) is 83.8 Å². The molecule has 2 N–H and O–H groups in total. The summed E-state index contributed by atoms with van der Waals surface area (Å²) in [6.07, 6.45) is 20.1. The molecule has 0 radical (unpaired) electrons. The normalized spacial score (nSPS) is 21.9. The molecule has 1 aliphatic carbocycles. The van der Waals surface area contributed by atoms with Gasteiger partial charge in [-0.15, -0.1) is 0 Å². The molecule has 0 heterocycles. The average Bonchev–Trinajstić information content (AvgIpc) is 2.80. The molecule has 1 aliphatic rings. The van der Waals surface area contributed by atoms with E-state index < -0.39 is 12.1 Å². The van der Waals surface area contributed by atoms with Crippen molar-refractivity contribution in [2.75, 3.05) is 12.9 Å². The van der Waals surface area contributed by atoms with Crippen molar-refractivity contribution < 1.29 is 24.5 Å². The van der Waals surface area contributed by atoms with Gasteiger partial charge in [-0.2, -0.15) is 11.8 Å². The van der Waals surface area contributed by atoms with Gasteiger partial charge in [0.1, 0.15) is 0 Å². The van der Waals surface area contributed by atoms with E-state index in [1.54, 1.807) is 11.8 Å². The third kappa shape index (κ3) is 14.1. The van der Waals surface area contributed by atoms with Gasteiger partial charge in [-0.25, -0.2) is 0 Å². The summed E-state index contributed by atoms with van der Waals surface area (Å²) in [6, 6.07) is 0. The molecule has 1 saturated carbocycles. The van der Waals surface area contributed by atoms with Crippen molar-refractivity contribution in [3.8, 4) is 0 Å². The van der Waals surface area contributed by atoms with Gasteiger partial charge in [0.2, 0.25) is 0 Å². The van der Waals surface area contributed by atoms with Gasteiger partial charge in [0.15, 0.2) is 0 Å². The Balaban J connectivity index is 2.37. The number of hydrogen-bond acceptors (Lipinski definition) is 5. The Kier molecular flexibility index (Phi) is 17.6. The number of carbonyl (C=O) groups is 2. The summed E-state index contributed by atoms with van der Waals surface area (Å²) in [5, 5.41) is 19.9. The summed E-state index contributed by atoms with van der Waals surface area (Å²) in [6.45, 7) is 2.26. The monoisotopic (exact) mass is 484 g/mol. The molecule has 0 aromatic rings. The summed E-state index contributed by atoms with van der Waals surface area (Å²) in [5.41, 5.74) is 1.27. The number of carboxylic acid groups (broad SMARTS) is 1. The summed E-state index contributed by atoms with van der Waals surface area (Å²) < 4.78 is 4.73. The molecule has 0 unspecified atom stereocenters. The number of ether oxygens (including phenoxy) is 1. The van der Waals surface area contributed by atoms with Crippen LogP contribution in [0.1, 0.15) is 116 Å². The highest BCUT2D eigenvalue weighted by Crippen LogP contribution is 2.39. The number of thioether (sulfide) groups is 1. The molecule has 1 rings (SSSR count). The van der Waals surface area contributed by atoms with Crippen LogP contribution in [-0.4, -0.2) is 46.4 Å². The highest BCUT2D eigenvalue weighted by molar-refractivity contribution is 8.00. The number of aliphatic hydroxyl groups excluding tert-OH is 1. The van der Waals surface area contributed by atoms with Crippen LogP contribution in [0.5, 0.6) is 0 Å². The number of rotatable bonds is 19. The fraction of sp³-hybridized carbons (Fsp3) is 0.852. The molecule has 0 aromatic carbocycles. The van der Waals surface area contributed by atoms with Gasteiger partial charge in [0.05, 0.1) is 24.9 Å². The fourth-order valence-corrected chi connectivity index (χ4v) is 6.03. The van der Waals surface area contributed by atoms with Crippen molar-refractivity contribution in [3.63, 3.8) is 0 Å². The minimum absolute atomic E-state index is 0.0100. The first-order valence-electron chi connectivity index (χ1n) is 13.3. The third-order valence-electron chi connectivity index (χ3n) is 6.74. The van der Waals surface area contributed by atoms with E-state index in [2.05, 4.69) is 13.0 Å². The molecular weight excluding hydrogens is 436 g/mol. The molecule has 0 saturated heterocycles. The van der Waals surface area contributed by atoms with Crippen LogP contribution in [0.25, 0.3) is 0 Å². The number of methoxy groups -OCH3 is 1. The highest BCUT2D eigenvalue weighted by Gasteiger charge is 2.35. The number of aliphatic carboxylic acids is 1. The van der Waals surface area contributed by atoms with E-state index in [0.717, 1.165) is 19.3 Å². The minimum atomic E-state index is -0.810. The van der Waals surface area contributed by atoms with Crippen molar-refractivity contribution in [2.24, 2.45) is 5.92 Å². The quantitative estimate of drug-likeness (QED) is 0.118. The third-order valence-corrected chi connectivity index (χ3v) is 8.12.